The molecule has 0 saturated heterocycles. The van der Waals surface area contributed by atoms with Crippen molar-refractivity contribution in [2.75, 3.05) is 6.54 Å². The van der Waals surface area contributed by atoms with E-state index < -0.39 is 0 Å². The van der Waals surface area contributed by atoms with Gasteiger partial charge in [-0.2, -0.15) is 0 Å². The molecule has 0 heterocycles. The SMILES string of the molecule is CCCNC(CC)C1CCCCC1c1ccccc1. The van der Waals surface area contributed by atoms with Crippen LogP contribution in [0.15, 0.2) is 30.3 Å². The van der Waals surface area contributed by atoms with Crippen molar-refractivity contribution in [3.05, 3.63) is 35.9 Å². The van der Waals surface area contributed by atoms with Gasteiger partial charge in [-0.25, -0.2) is 0 Å². The summed E-state index contributed by atoms with van der Waals surface area (Å²) in [5.41, 5.74) is 1.56. The van der Waals surface area contributed by atoms with E-state index in [2.05, 4.69) is 49.5 Å². The van der Waals surface area contributed by atoms with Crippen LogP contribution in [0.3, 0.4) is 0 Å². The van der Waals surface area contributed by atoms with Crippen LogP contribution in [0.1, 0.15) is 63.9 Å². The number of benzene rings is 1. The molecule has 2 rings (SSSR count). The summed E-state index contributed by atoms with van der Waals surface area (Å²) in [4.78, 5) is 0. The predicted octanol–water partition coefficient (Wildman–Crippen LogP) is 4.74. The highest BCUT2D eigenvalue weighted by Gasteiger charge is 2.31. The fourth-order valence-electron chi connectivity index (χ4n) is 3.68. The number of hydrogen-bond donors (Lipinski definition) is 1. The highest BCUT2D eigenvalue weighted by Crippen LogP contribution is 2.40. The summed E-state index contributed by atoms with van der Waals surface area (Å²) in [5.74, 6) is 1.59. The molecule has 1 nitrogen and oxygen atoms in total. The topological polar surface area (TPSA) is 12.0 Å². The van der Waals surface area contributed by atoms with E-state index in [1.54, 1.807) is 5.56 Å². The third-order valence-electron chi connectivity index (χ3n) is 4.66. The van der Waals surface area contributed by atoms with Gasteiger partial charge in [0.15, 0.2) is 0 Å². The maximum Gasteiger partial charge on any atom is 0.00985 e. The highest BCUT2D eigenvalue weighted by atomic mass is 14.9. The van der Waals surface area contributed by atoms with Crippen molar-refractivity contribution >= 4 is 0 Å². The van der Waals surface area contributed by atoms with Crippen molar-refractivity contribution in [2.24, 2.45) is 5.92 Å². The van der Waals surface area contributed by atoms with E-state index in [0.29, 0.717) is 6.04 Å². The monoisotopic (exact) mass is 259 g/mol. The molecule has 1 aliphatic carbocycles. The summed E-state index contributed by atoms with van der Waals surface area (Å²) in [6.45, 7) is 5.76. The Bertz CT molecular complexity index is 346. The highest BCUT2D eigenvalue weighted by molar-refractivity contribution is 5.21. The molecule has 1 aromatic carbocycles. The molecule has 1 aromatic rings. The van der Waals surface area contributed by atoms with Crippen LogP contribution in [0, 0.1) is 5.92 Å². The quantitative estimate of drug-likeness (QED) is 0.778. The van der Waals surface area contributed by atoms with Crippen LogP contribution >= 0.6 is 0 Å². The van der Waals surface area contributed by atoms with Crippen LogP contribution in [0.2, 0.25) is 0 Å². The molecule has 1 saturated carbocycles. The molecule has 19 heavy (non-hydrogen) atoms. The van der Waals surface area contributed by atoms with E-state index >= 15 is 0 Å². The Morgan fingerprint density at radius 3 is 2.53 bits per heavy atom. The first-order valence-corrected chi connectivity index (χ1v) is 8.15. The Balaban J connectivity index is 2.10. The molecule has 3 unspecified atom stereocenters. The minimum absolute atomic E-state index is 0.699. The maximum absolute atomic E-state index is 3.79. The Morgan fingerprint density at radius 2 is 1.84 bits per heavy atom. The van der Waals surface area contributed by atoms with Gasteiger partial charge < -0.3 is 5.32 Å². The van der Waals surface area contributed by atoms with E-state index in [4.69, 9.17) is 0 Å². The van der Waals surface area contributed by atoms with Crippen LogP contribution in [-0.2, 0) is 0 Å². The molecule has 1 N–H and O–H groups in total. The van der Waals surface area contributed by atoms with Crippen molar-refractivity contribution in [2.45, 2.75) is 64.3 Å². The minimum Gasteiger partial charge on any atom is -0.314 e. The maximum atomic E-state index is 3.79. The Labute approximate surface area is 118 Å². The first kappa shape index (κ1) is 14.6. The lowest BCUT2D eigenvalue weighted by atomic mass is 9.71. The minimum atomic E-state index is 0.699. The zero-order valence-corrected chi connectivity index (χ0v) is 12.6. The summed E-state index contributed by atoms with van der Waals surface area (Å²) >= 11 is 0. The lowest BCUT2D eigenvalue weighted by molar-refractivity contribution is 0.228. The zero-order chi connectivity index (χ0) is 13.5. The van der Waals surface area contributed by atoms with Gasteiger partial charge in [-0.1, -0.05) is 57.0 Å². The molecule has 0 aliphatic heterocycles. The van der Waals surface area contributed by atoms with E-state index in [0.717, 1.165) is 18.4 Å². The van der Waals surface area contributed by atoms with Gasteiger partial charge in [0.1, 0.15) is 0 Å². The van der Waals surface area contributed by atoms with Gasteiger partial charge in [0.2, 0.25) is 0 Å². The summed E-state index contributed by atoms with van der Waals surface area (Å²) in [7, 11) is 0. The van der Waals surface area contributed by atoms with Crippen molar-refractivity contribution < 1.29 is 0 Å². The molecule has 1 heteroatoms. The molecule has 0 aromatic heterocycles. The van der Waals surface area contributed by atoms with Gasteiger partial charge >= 0.3 is 0 Å². The van der Waals surface area contributed by atoms with Gasteiger partial charge in [-0.3, -0.25) is 0 Å². The number of hydrogen-bond acceptors (Lipinski definition) is 1. The van der Waals surface area contributed by atoms with Crippen molar-refractivity contribution in [1.82, 2.24) is 5.32 Å². The Kier molecular flexibility index (Phi) is 5.91. The molecular weight excluding hydrogens is 230 g/mol. The molecule has 1 aliphatic rings. The first-order valence-electron chi connectivity index (χ1n) is 8.15. The average molecular weight is 259 g/mol. The second-order valence-corrected chi connectivity index (χ2v) is 5.93. The van der Waals surface area contributed by atoms with E-state index in [9.17, 15) is 0 Å². The fraction of sp³-hybridized carbons (Fsp3) is 0.667. The van der Waals surface area contributed by atoms with Crippen LogP contribution in [0.25, 0.3) is 0 Å². The summed E-state index contributed by atoms with van der Waals surface area (Å²) < 4.78 is 0. The largest absolute Gasteiger partial charge is 0.314 e. The molecular formula is C18H29N. The first-order chi connectivity index (χ1) is 9.36. The summed E-state index contributed by atoms with van der Waals surface area (Å²) in [5, 5.41) is 3.79. The molecule has 1 fully saturated rings. The molecule has 0 spiro atoms. The third-order valence-corrected chi connectivity index (χ3v) is 4.66. The molecule has 0 radical (unpaired) electrons. The smallest absolute Gasteiger partial charge is 0.00985 e. The number of rotatable bonds is 6. The second kappa shape index (κ2) is 7.69. The predicted molar refractivity (Wildman–Crippen MR) is 83.5 cm³/mol. The van der Waals surface area contributed by atoms with E-state index in [1.165, 1.54) is 38.5 Å². The van der Waals surface area contributed by atoms with Crippen LogP contribution in [0.4, 0.5) is 0 Å². The third kappa shape index (κ3) is 3.82. The lowest BCUT2D eigenvalue weighted by Crippen LogP contribution is -2.40. The van der Waals surface area contributed by atoms with Crippen molar-refractivity contribution in [3.8, 4) is 0 Å². The normalized spacial score (nSPS) is 25.2. The van der Waals surface area contributed by atoms with Crippen LogP contribution in [-0.4, -0.2) is 12.6 Å². The summed E-state index contributed by atoms with van der Waals surface area (Å²) in [6.07, 6.45) is 8.08. The van der Waals surface area contributed by atoms with Gasteiger partial charge in [-0.05, 0) is 49.6 Å². The van der Waals surface area contributed by atoms with Gasteiger partial charge in [0.25, 0.3) is 0 Å². The molecule has 0 amide bonds. The molecule has 3 atom stereocenters. The van der Waals surface area contributed by atoms with Gasteiger partial charge in [0.05, 0.1) is 0 Å². The Hall–Kier alpha value is -0.820. The second-order valence-electron chi connectivity index (χ2n) is 5.93. The van der Waals surface area contributed by atoms with Gasteiger partial charge in [-0.15, -0.1) is 0 Å². The van der Waals surface area contributed by atoms with Crippen LogP contribution in [0.5, 0.6) is 0 Å². The van der Waals surface area contributed by atoms with E-state index in [1.807, 2.05) is 0 Å². The van der Waals surface area contributed by atoms with Crippen molar-refractivity contribution in [1.29, 1.82) is 0 Å². The molecule has 0 bridgehead atoms. The van der Waals surface area contributed by atoms with Crippen molar-refractivity contribution in [3.63, 3.8) is 0 Å². The Morgan fingerprint density at radius 1 is 1.11 bits per heavy atom. The molecule has 106 valence electrons. The lowest BCUT2D eigenvalue weighted by Gasteiger charge is -2.38. The zero-order valence-electron chi connectivity index (χ0n) is 12.6. The van der Waals surface area contributed by atoms with Crippen LogP contribution < -0.4 is 5.32 Å². The fourth-order valence-corrected chi connectivity index (χ4v) is 3.68. The standard InChI is InChI=1S/C18H29N/c1-3-14-19-18(4-2)17-13-9-8-12-16(17)15-10-6-5-7-11-15/h5-7,10-11,16-19H,3-4,8-9,12-14H2,1-2H3. The summed E-state index contributed by atoms with van der Waals surface area (Å²) in [6, 6.07) is 11.9. The van der Waals surface area contributed by atoms with Gasteiger partial charge in [0, 0.05) is 6.04 Å². The van der Waals surface area contributed by atoms with E-state index in [-0.39, 0.29) is 0 Å². The number of nitrogens with one attached hydrogen (secondary N) is 1. The average Bonchev–Trinajstić information content (AvgIpc) is 2.49.